The SMILES string of the molecule is CCCNC(Cc1cccc(Cl)c1)CC1CCCCCC1. The minimum Gasteiger partial charge on any atom is -0.314 e. The number of hydrogen-bond acceptors (Lipinski definition) is 1. The molecule has 0 spiro atoms. The van der Waals surface area contributed by atoms with Crippen LogP contribution in [0.3, 0.4) is 0 Å². The summed E-state index contributed by atoms with van der Waals surface area (Å²) in [4.78, 5) is 0. The van der Waals surface area contributed by atoms with Crippen LogP contribution >= 0.6 is 11.6 Å². The van der Waals surface area contributed by atoms with Crippen LogP contribution in [0.1, 0.15) is 63.9 Å². The molecule has 0 bridgehead atoms. The Morgan fingerprint density at radius 3 is 2.62 bits per heavy atom. The molecule has 1 fully saturated rings. The largest absolute Gasteiger partial charge is 0.314 e. The molecule has 0 saturated heterocycles. The average Bonchev–Trinajstić information content (AvgIpc) is 2.73. The van der Waals surface area contributed by atoms with Crippen LogP contribution in [0.25, 0.3) is 0 Å². The first-order valence-electron chi connectivity index (χ1n) is 8.75. The number of nitrogens with one attached hydrogen (secondary N) is 1. The van der Waals surface area contributed by atoms with E-state index in [0.29, 0.717) is 6.04 Å². The maximum absolute atomic E-state index is 6.13. The Morgan fingerprint density at radius 2 is 1.95 bits per heavy atom. The van der Waals surface area contributed by atoms with Gasteiger partial charge in [0.15, 0.2) is 0 Å². The van der Waals surface area contributed by atoms with Gasteiger partial charge in [0.05, 0.1) is 0 Å². The van der Waals surface area contributed by atoms with Crippen LogP contribution in [-0.2, 0) is 6.42 Å². The van der Waals surface area contributed by atoms with Crippen molar-refractivity contribution < 1.29 is 0 Å². The molecular weight excluding hydrogens is 278 g/mol. The van der Waals surface area contributed by atoms with E-state index in [0.717, 1.165) is 23.9 Å². The highest BCUT2D eigenvalue weighted by Gasteiger charge is 2.18. The second kappa shape index (κ2) is 9.48. The van der Waals surface area contributed by atoms with E-state index in [9.17, 15) is 0 Å². The molecule has 2 rings (SSSR count). The van der Waals surface area contributed by atoms with Crippen molar-refractivity contribution >= 4 is 11.6 Å². The molecule has 0 aliphatic heterocycles. The van der Waals surface area contributed by atoms with Gasteiger partial charge in [0.2, 0.25) is 0 Å². The lowest BCUT2D eigenvalue weighted by Crippen LogP contribution is -2.33. The van der Waals surface area contributed by atoms with E-state index in [1.54, 1.807) is 0 Å². The highest BCUT2D eigenvalue weighted by molar-refractivity contribution is 6.30. The normalized spacial score (nSPS) is 18.4. The van der Waals surface area contributed by atoms with Crippen molar-refractivity contribution in [1.29, 1.82) is 0 Å². The van der Waals surface area contributed by atoms with Gasteiger partial charge in [-0.3, -0.25) is 0 Å². The van der Waals surface area contributed by atoms with Gasteiger partial charge in [-0.1, -0.05) is 69.2 Å². The summed E-state index contributed by atoms with van der Waals surface area (Å²) in [6, 6.07) is 8.96. The average molecular weight is 308 g/mol. The molecule has 0 radical (unpaired) electrons. The third-order valence-corrected chi connectivity index (χ3v) is 4.88. The Balaban J connectivity index is 1.92. The van der Waals surface area contributed by atoms with E-state index in [-0.39, 0.29) is 0 Å². The van der Waals surface area contributed by atoms with E-state index in [4.69, 9.17) is 11.6 Å². The van der Waals surface area contributed by atoms with E-state index in [2.05, 4.69) is 30.4 Å². The van der Waals surface area contributed by atoms with Crippen LogP contribution in [0.15, 0.2) is 24.3 Å². The number of rotatable bonds is 7. The van der Waals surface area contributed by atoms with Gasteiger partial charge in [0, 0.05) is 11.1 Å². The summed E-state index contributed by atoms with van der Waals surface area (Å²) in [7, 11) is 0. The molecule has 0 heterocycles. The summed E-state index contributed by atoms with van der Waals surface area (Å²) in [6.45, 7) is 3.37. The first kappa shape index (κ1) is 16.8. The van der Waals surface area contributed by atoms with Crippen molar-refractivity contribution in [2.45, 2.75) is 70.8 Å². The van der Waals surface area contributed by atoms with Crippen LogP contribution in [0, 0.1) is 5.92 Å². The van der Waals surface area contributed by atoms with Crippen LogP contribution in [0.2, 0.25) is 5.02 Å². The minimum absolute atomic E-state index is 0.603. The van der Waals surface area contributed by atoms with Gasteiger partial charge in [0.1, 0.15) is 0 Å². The summed E-state index contributed by atoms with van der Waals surface area (Å²) in [6.07, 6.45) is 12.3. The van der Waals surface area contributed by atoms with Crippen molar-refractivity contribution in [3.8, 4) is 0 Å². The lowest BCUT2D eigenvalue weighted by Gasteiger charge is -2.24. The fourth-order valence-electron chi connectivity index (χ4n) is 3.54. The van der Waals surface area contributed by atoms with E-state index in [1.165, 1.54) is 56.9 Å². The van der Waals surface area contributed by atoms with Crippen molar-refractivity contribution in [2.75, 3.05) is 6.54 Å². The Kier molecular flexibility index (Phi) is 7.60. The fraction of sp³-hybridized carbons (Fsp3) is 0.684. The van der Waals surface area contributed by atoms with Crippen molar-refractivity contribution in [3.63, 3.8) is 0 Å². The highest BCUT2D eigenvalue weighted by Crippen LogP contribution is 2.27. The summed E-state index contributed by atoms with van der Waals surface area (Å²) in [5.41, 5.74) is 1.37. The molecule has 21 heavy (non-hydrogen) atoms. The van der Waals surface area contributed by atoms with Gasteiger partial charge < -0.3 is 5.32 Å². The smallest absolute Gasteiger partial charge is 0.0408 e. The van der Waals surface area contributed by atoms with E-state index >= 15 is 0 Å². The van der Waals surface area contributed by atoms with Gasteiger partial charge in [-0.25, -0.2) is 0 Å². The summed E-state index contributed by atoms with van der Waals surface area (Å²) < 4.78 is 0. The predicted molar refractivity (Wildman–Crippen MR) is 93.0 cm³/mol. The van der Waals surface area contributed by atoms with Gasteiger partial charge >= 0.3 is 0 Å². The molecule has 1 aromatic rings. The zero-order valence-corrected chi connectivity index (χ0v) is 14.2. The zero-order chi connectivity index (χ0) is 14.9. The molecule has 1 N–H and O–H groups in total. The standard InChI is InChI=1S/C19H30ClN/c1-2-12-21-19(14-16-8-5-3-4-6-9-16)15-17-10-7-11-18(20)13-17/h7,10-11,13,16,19,21H,2-6,8-9,12,14-15H2,1H3. The van der Waals surface area contributed by atoms with E-state index < -0.39 is 0 Å². The molecule has 1 atom stereocenters. The maximum Gasteiger partial charge on any atom is 0.0408 e. The quantitative estimate of drug-likeness (QED) is 0.645. The molecule has 1 saturated carbocycles. The van der Waals surface area contributed by atoms with Crippen molar-refractivity contribution in [1.82, 2.24) is 5.32 Å². The predicted octanol–water partition coefficient (Wildman–Crippen LogP) is 5.61. The number of benzene rings is 1. The Bertz CT molecular complexity index is 396. The molecule has 1 unspecified atom stereocenters. The topological polar surface area (TPSA) is 12.0 Å². The monoisotopic (exact) mass is 307 g/mol. The second-order valence-corrected chi connectivity index (χ2v) is 7.01. The highest BCUT2D eigenvalue weighted by atomic mass is 35.5. The van der Waals surface area contributed by atoms with Crippen LogP contribution < -0.4 is 5.32 Å². The molecule has 0 amide bonds. The lowest BCUT2D eigenvalue weighted by molar-refractivity contribution is 0.349. The third-order valence-electron chi connectivity index (χ3n) is 4.65. The molecule has 2 heteroatoms. The zero-order valence-electron chi connectivity index (χ0n) is 13.4. The van der Waals surface area contributed by atoms with Crippen molar-refractivity contribution in [2.24, 2.45) is 5.92 Å². The fourth-order valence-corrected chi connectivity index (χ4v) is 3.75. The third kappa shape index (κ3) is 6.40. The molecule has 0 aromatic heterocycles. The van der Waals surface area contributed by atoms with Gasteiger partial charge in [-0.2, -0.15) is 0 Å². The van der Waals surface area contributed by atoms with Crippen molar-refractivity contribution in [3.05, 3.63) is 34.9 Å². The van der Waals surface area contributed by atoms with Gasteiger partial charge in [-0.05, 0) is 49.4 Å². The summed E-state index contributed by atoms with van der Waals surface area (Å²) in [5.74, 6) is 0.918. The van der Waals surface area contributed by atoms with Gasteiger partial charge in [0.25, 0.3) is 0 Å². The minimum atomic E-state index is 0.603. The molecule has 1 nitrogen and oxygen atoms in total. The number of hydrogen-bond donors (Lipinski definition) is 1. The Morgan fingerprint density at radius 1 is 1.19 bits per heavy atom. The molecule has 118 valence electrons. The first-order chi connectivity index (χ1) is 10.3. The number of halogens is 1. The van der Waals surface area contributed by atoms with Crippen LogP contribution in [-0.4, -0.2) is 12.6 Å². The Labute approximate surface area is 135 Å². The summed E-state index contributed by atoms with van der Waals surface area (Å²) in [5, 5.41) is 4.62. The first-order valence-corrected chi connectivity index (χ1v) is 9.13. The van der Waals surface area contributed by atoms with Gasteiger partial charge in [-0.15, -0.1) is 0 Å². The molecular formula is C19H30ClN. The Hall–Kier alpha value is -0.530. The van der Waals surface area contributed by atoms with Crippen LogP contribution in [0.4, 0.5) is 0 Å². The van der Waals surface area contributed by atoms with Crippen LogP contribution in [0.5, 0.6) is 0 Å². The maximum atomic E-state index is 6.13. The molecule has 1 aliphatic carbocycles. The lowest BCUT2D eigenvalue weighted by atomic mass is 9.90. The summed E-state index contributed by atoms with van der Waals surface area (Å²) >= 11 is 6.13. The second-order valence-electron chi connectivity index (χ2n) is 6.58. The molecule has 1 aromatic carbocycles. The van der Waals surface area contributed by atoms with E-state index in [1.807, 2.05) is 6.07 Å². The molecule has 1 aliphatic rings.